The highest BCUT2D eigenvalue weighted by atomic mass is 16.5. The van der Waals surface area contributed by atoms with E-state index in [9.17, 15) is 9.59 Å². The maximum atomic E-state index is 11.8. The van der Waals surface area contributed by atoms with E-state index in [2.05, 4.69) is 16.0 Å². The van der Waals surface area contributed by atoms with Crippen molar-refractivity contribution in [2.45, 2.75) is 19.3 Å². The molecule has 0 unspecified atom stereocenters. The Labute approximate surface area is 130 Å². The van der Waals surface area contributed by atoms with Gasteiger partial charge in [-0.2, -0.15) is 0 Å². The Bertz CT molecular complexity index is 496. The van der Waals surface area contributed by atoms with Crippen LogP contribution < -0.4 is 16.0 Å². The molecular formula is C16H23N3O3. The Morgan fingerprint density at radius 3 is 2.68 bits per heavy atom. The van der Waals surface area contributed by atoms with Crippen LogP contribution in [0.3, 0.4) is 0 Å². The molecule has 0 bridgehead atoms. The lowest BCUT2D eigenvalue weighted by Gasteiger charge is -2.22. The number of benzene rings is 1. The lowest BCUT2D eigenvalue weighted by Crippen LogP contribution is -2.35. The van der Waals surface area contributed by atoms with Crippen LogP contribution in [0.5, 0.6) is 0 Å². The van der Waals surface area contributed by atoms with E-state index < -0.39 is 0 Å². The minimum absolute atomic E-state index is 0.0341. The first-order valence-electron chi connectivity index (χ1n) is 7.59. The quantitative estimate of drug-likeness (QED) is 0.772. The molecule has 6 heteroatoms. The average molecular weight is 305 g/mol. The van der Waals surface area contributed by atoms with Crippen molar-refractivity contribution in [2.24, 2.45) is 5.92 Å². The molecule has 1 fully saturated rings. The highest BCUT2D eigenvalue weighted by Crippen LogP contribution is 2.13. The molecule has 0 spiro atoms. The first kappa shape index (κ1) is 16.3. The van der Waals surface area contributed by atoms with Crippen molar-refractivity contribution in [2.75, 3.05) is 32.1 Å². The lowest BCUT2D eigenvalue weighted by atomic mass is 10.0. The van der Waals surface area contributed by atoms with Crippen LogP contribution in [0.4, 0.5) is 10.5 Å². The normalized spacial score (nSPS) is 17.6. The summed E-state index contributed by atoms with van der Waals surface area (Å²) in [5, 5.41) is 8.23. The van der Waals surface area contributed by atoms with E-state index >= 15 is 0 Å². The largest absolute Gasteiger partial charge is 0.381 e. The lowest BCUT2D eigenvalue weighted by molar-refractivity contribution is -0.119. The summed E-state index contributed by atoms with van der Waals surface area (Å²) in [6, 6.07) is 7.03. The molecular weight excluding hydrogens is 282 g/mol. The van der Waals surface area contributed by atoms with Crippen LogP contribution in [-0.2, 0) is 16.0 Å². The van der Waals surface area contributed by atoms with Gasteiger partial charge in [0.25, 0.3) is 0 Å². The van der Waals surface area contributed by atoms with Crippen LogP contribution in [0, 0.1) is 5.92 Å². The Balaban J connectivity index is 1.75. The van der Waals surface area contributed by atoms with E-state index in [1.807, 2.05) is 12.1 Å². The third-order valence-corrected chi connectivity index (χ3v) is 3.66. The smallest absolute Gasteiger partial charge is 0.319 e. The van der Waals surface area contributed by atoms with Crippen molar-refractivity contribution in [1.82, 2.24) is 10.6 Å². The summed E-state index contributed by atoms with van der Waals surface area (Å²) in [6.07, 6.45) is 2.49. The van der Waals surface area contributed by atoms with Gasteiger partial charge in [0.15, 0.2) is 0 Å². The van der Waals surface area contributed by atoms with Crippen LogP contribution in [0.25, 0.3) is 0 Å². The second-order valence-electron chi connectivity index (χ2n) is 5.47. The van der Waals surface area contributed by atoms with Gasteiger partial charge in [0.05, 0.1) is 13.0 Å². The predicted molar refractivity (Wildman–Crippen MR) is 84.8 cm³/mol. The Kier molecular flexibility index (Phi) is 6.21. The van der Waals surface area contributed by atoms with E-state index in [4.69, 9.17) is 4.74 Å². The molecule has 1 aromatic rings. The number of nitrogens with one attached hydrogen (secondary N) is 3. The third-order valence-electron chi connectivity index (χ3n) is 3.66. The van der Waals surface area contributed by atoms with Crippen molar-refractivity contribution in [1.29, 1.82) is 0 Å². The summed E-state index contributed by atoms with van der Waals surface area (Å²) in [5.74, 6) is 0.364. The number of rotatable bonds is 5. The first-order valence-corrected chi connectivity index (χ1v) is 7.59. The summed E-state index contributed by atoms with van der Waals surface area (Å²) in [7, 11) is 1.61. The van der Waals surface area contributed by atoms with Crippen molar-refractivity contribution in [3.63, 3.8) is 0 Å². The molecule has 22 heavy (non-hydrogen) atoms. The minimum Gasteiger partial charge on any atom is -0.381 e. The number of hydrogen-bond acceptors (Lipinski definition) is 3. The average Bonchev–Trinajstić information content (AvgIpc) is 2.55. The van der Waals surface area contributed by atoms with E-state index in [1.165, 1.54) is 0 Å². The fourth-order valence-corrected chi connectivity index (χ4v) is 2.36. The summed E-state index contributed by atoms with van der Waals surface area (Å²) < 4.78 is 5.38. The molecule has 0 radical (unpaired) electrons. The Morgan fingerprint density at radius 1 is 1.27 bits per heavy atom. The Hall–Kier alpha value is -2.08. The third kappa shape index (κ3) is 5.37. The monoisotopic (exact) mass is 305 g/mol. The molecule has 120 valence electrons. The van der Waals surface area contributed by atoms with Gasteiger partial charge in [-0.15, -0.1) is 0 Å². The number of carbonyl (C=O) groups excluding carboxylic acids is 2. The SMILES string of the molecule is CNC(=O)Cc1ccc(NC(=O)NC[C@@H]2CCCOC2)cc1. The predicted octanol–water partition coefficient (Wildman–Crippen LogP) is 1.52. The molecule has 1 atom stereocenters. The highest BCUT2D eigenvalue weighted by molar-refractivity contribution is 5.89. The summed E-state index contributed by atoms with van der Waals surface area (Å²) >= 11 is 0. The maximum absolute atomic E-state index is 11.8. The molecule has 0 saturated carbocycles. The number of amides is 3. The molecule has 1 aliphatic heterocycles. The van der Waals surface area contributed by atoms with Gasteiger partial charge in [0, 0.05) is 25.9 Å². The van der Waals surface area contributed by atoms with E-state index in [0.29, 0.717) is 31.2 Å². The number of urea groups is 1. The number of anilines is 1. The number of carbonyl (C=O) groups is 2. The summed E-state index contributed by atoms with van der Waals surface area (Å²) in [5.41, 5.74) is 1.61. The van der Waals surface area contributed by atoms with Gasteiger partial charge in [0.2, 0.25) is 5.91 Å². The molecule has 1 saturated heterocycles. The second-order valence-corrected chi connectivity index (χ2v) is 5.47. The van der Waals surface area contributed by atoms with Crippen LogP contribution in [0.2, 0.25) is 0 Å². The van der Waals surface area contributed by atoms with Gasteiger partial charge in [-0.25, -0.2) is 4.79 Å². The van der Waals surface area contributed by atoms with Gasteiger partial charge < -0.3 is 20.7 Å². The number of likely N-dealkylation sites (N-methyl/N-ethyl adjacent to an activating group) is 1. The van der Waals surface area contributed by atoms with E-state index in [0.717, 1.165) is 25.0 Å². The summed E-state index contributed by atoms with van der Waals surface area (Å²) in [4.78, 5) is 23.1. The fraction of sp³-hybridized carbons (Fsp3) is 0.500. The van der Waals surface area contributed by atoms with Gasteiger partial charge in [0.1, 0.15) is 0 Å². The van der Waals surface area contributed by atoms with Gasteiger partial charge in [-0.05, 0) is 36.5 Å². The molecule has 1 heterocycles. The van der Waals surface area contributed by atoms with Crippen molar-refractivity contribution in [3.05, 3.63) is 29.8 Å². The highest BCUT2D eigenvalue weighted by Gasteiger charge is 2.14. The van der Waals surface area contributed by atoms with Crippen LogP contribution >= 0.6 is 0 Å². The van der Waals surface area contributed by atoms with Crippen LogP contribution in [0.15, 0.2) is 24.3 Å². The Morgan fingerprint density at radius 2 is 2.05 bits per heavy atom. The van der Waals surface area contributed by atoms with Crippen molar-refractivity contribution >= 4 is 17.6 Å². The molecule has 1 aliphatic rings. The maximum Gasteiger partial charge on any atom is 0.319 e. The molecule has 3 N–H and O–H groups in total. The van der Waals surface area contributed by atoms with Crippen molar-refractivity contribution < 1.29 is 14.3 Å². The zero-order valence-corrected chi connectivity index (χ0v) is 12.9. The molecule has 6 nitrogen and oxygen atoms in total. The zero-order chi connectivity index (χ0) is 15.8. The first-order chi connectivity index (χ1) is 10.7. The summed E-state index contributed by atoms with van der Waals surface area (Å²) in [6.45, 7) is 2.17. The molecule has 3 amide bonds. The second kappa shape index (κ2) is 8.38. The van der Waals surface area contributed by atoms with Crippen LogP contribution in [0.1, 0.15) is 18.4 Å². The van der Waals surface area contributed by atoms with Crippen molar-refractivity contribution in [3.8, 4) is 0 Å². The minimum atomic E-state index is -0.218. The van der Waals surface area contributed by atoms with E-state index in [1.54, 1.807) is 19.2 Å². The molecule has 0 aromatic heterocycles. The molecule has 1 aromatic carbocycles. The number of ether oxygens (including phenoxy) is 1. The van der Waals surface area contributed by atoms with Crippen LogP contribution in [-0.4, -0.2) is 38.7 Å². The van der Waals surface area contributed by atoms with E-state index in [-0.39, 0.29) is 11.9 Å². The number of hydrogen-bond donors (Lipinski definition) is 3. The molecule has 0 aliphatic carbocycles. The zero-order valence-electron chi connectivity index (χ0n) is 12.9. The van der Waals surface area contributed by atoms with Gasteiger partial charge in [-0.1, -0.05) is 12.1 Å². The van der Waals surface area contributed by atoms with Gasteiger partial charge >= 0.3 is 6.03 Å². The topological polar surface area (TPSA) is 79.5 Å². The fourth-order valence-electron chi connectivity index (χ4n) is 2.36. The molecule has 2 rings (SSSR count). The standard InChI is InChI=1S/C16H23N3O3/c1-17-15(20)9-12-4-6-14(7-5-12)19-16(21)18-10-13-3-2-8-22-11-13/h4-7,13H,2-3,8-11H2,1H3,(H,17,20)(H2,18,19,21)/t13-/m0/s1. The van der Waals surface area contributed by atoms with Gasteiger partial charge in [-0.3, -0.25) is 4.79 Å².